The number of hydrazone groups is 1. The van der Waals surface area contributed by atoms with Crippen LogP contribution in [-0.2, 0) is 6.61 Å². The van der Waals surface area contributed by atoms with Gasteiger partial charge in [0, 0.05) is 0 Å². The SMILES string of the molecule is COc1cc(/C=N/NC(=O)c2ccccc2O)ccc1OCc1cccc(C(=O)O)c1. The van der Waals surface area contributed by atoms with Gasteiger partial charge in [-0.05, 0) is 53.6 Å². The molecule has 158 valence electrons. The predicted octanol–water partition coefficient (Wildman–Crippen LogP) is 3.44. The van der Waals surface area contributed by atoms with Crippen molar-refractivity contribution in [3.8, 4) is 17.2 Å². The van der Waals surface area contributed by atoms with Crippen molar-refractivity contribution < 1.29 is 29.3 Å². The summed E-state index contributed by atoms with van der Waals surface area (Å²) in [6.07, 6.45) is 1.43. The number of rotatable bonds is 8. The van der Waals surface area contributed by atoms with Crippen molar-refractivity contribution >= 4 is 18.1 Å². The first-order valence-electron chi connectivity index (χ1n) is 9.22. The molecule has 0 unspecified atom stereocenters. The molecule has 0 aliphatic rings. The van der Waals surface area contributed by atoms with Gasteiger partial charge in [0.1, 0.15) is 12.4 Å². The van der Waals surface area contributed by atoms with Crippen molar-refractivity contribution in [2.45, 2.75) is 6.61 Å². The van der Waals surface area contributed by atoms with E-state index in [2.05, 4.69) is 10.5 Å². The number of amides is 1. The van der Waals surface area contributed by atoms with Gasteiger partial charge in [-0.15, -0.1) is 0 Å². The molecule has 0 atom stereocenters. The van der Waals surface area contributed by atoms with Crippen LogP contribution in [-0.4, -0.2) is 35.4 Å². The molecule has 0 aromatic heterocycles. The Morgan fingerprint density at radius 2 is 1.84 bits per heavy atom. The molecule has 1 amide bonds. The van der Waals surface area contributed by atoms with Gasteiger partial charge in [0.05, 0.1) is 24.5 Å². The van der Waals surface area contributed by atoms with Crippen LogP contribution in [0.2, 0.25) is 0 Å². The molecule has 0 saturated heterocycles. The summed E-state index contributed by atoms with van der Waals surface area (Å²) in [5.41, 5.74) is 4.01. The lowest BCUT2D eigenvalue weighted by Gasteiger charge is -2.11. The Morgan fingerprint density at radius 3 is 2.58 bits per heavy atom. The molecule has 3 rings (SSSR count). The van der Waals surface area contributed by atoms with E-state index in [0.29, 0.717) is 22.6 Å². The van der Waals surface area contributed by atoms with E-state index in [1.165, 1.54) is 31.5 Å². The zero-order valence-electron chi connectivity index (χ0n) is 16.6. The molecule has 0 heterocycles. The molecule has 0 saturated carbocycles. The number of carbonyl (C=O) groups is 2. The molecule has 0 fully saturated rings. The molecule has 0 spiro atoms. The Morgan fingerprint density at radius 1 is 1.03 bits per heavy atom. The van der Waals surface area contributed by atoms with Gasteiger partial charge >= 0.3 is 5.97 Å². The smallest absolute Gasteiger partial charge is 0.335 e. The van der Waals surface area contributed by atoms with E-state index in [-0.39, 0.29) is 23.5 Å². The fourth-order valence-electron chi connectivity index (χ4n) is 2.73. The molecule has 8 nitrogen and oxygen atoms in total. The maximum absolute atomic E-state index is 12.1. The highest BCUT2D eigenvalue weighted by Gasteiger charge is 2.10. The molecule has 3 N–H and O–H groups in total. The standard InChI is InChI=1S/C23H20N2O6/c1-30-21-12-15(13-24-25-22(27)18-7-2-3-8-19(18)26)9-10-20(21)31-14-16-5-4-6-17(11-16)23(28)29/h2-13,26H,14H2,1H3,(H,25,27)(H,28,29)/b24-13+. The summed E-state index contributed by atoms with van der Waals surface area (Å²) >= 11 is 0. The lowest BCUT2D eigenvalue weighted by molar-refractivity contribution is 0.0696. The van der Waals surface area contributed by atoms with Gasteiger partial charge in [-0.1, -0.05) is 24.3 Å². The highest BCUT2D eigenvalue weighted by Crippen LogP contribution is 2.28. The number of phenols is 1. The summed E-state index contributed by atoms with van der Waals surface area (Å²) in [6, 6.07) is 17.7. The monoisotopic (exact) mass is 420 g/mol. The number of aromatic carboxylic acids is 1. The number of phenolic OH excluding ortho intramolecular Hbond substituents is 1. The number of methoxy groups -OCH3 is 1. The molecular formula is C23H20N2O6. The Kier molecular flexibility index (Phi) is 6.85. The number of benzene rings is 3. The number of nitrogens with zero attached hydrogens (tertiary/aromatic N) is 1. The molecule has 3 aromatic rings. The third kappa shape index (κ3) is 5.60. The third-order valence-corrected chi connectivity index (χ3v) is 4.28. The van der Waals surface area contributed by atoms with Crippen molar-refractivity contribution in [3.05, 3.63) is 89.0 Å². The lowest BCUT2D eigenvalue weighted by Crippen LogP contribution is -2.17. The van der Waals surface area contributed by atoms with E-state index in [0.717, 1.165) is 0 Å². The Bertz CT molecular complexity index is 1130. The van der Waals surface area contributed by atoms with Crippen LogP contribution in [0.4, 0.5) is 0 Å². The van der Waals surface area contributed by atoms with Crippen LogP contribution >= 0.6 is 0 Å². The van der Waals surface area contributed by atoms with Gasteiger partial charge in [0.15, 0.2) is 11.5 Å². The molecular weight excluding hydrogens is 400 g/mol. The topological polar surface area (TPSA) is 117 Å². The van der Waals surface area contributed by atoms with Gasteiger partial charge in [-0.2, -0.15) is 5.10 Å². The summed E-state index contributed by atoms with van der Waals surface area (Å²) < 4.78 is 11.1. The van der Waals surface area contributed by atoms with E-state index >= 15 is 0 Å². The minimum absolute atomic E-state index is 0.118. The van der Waals surface area contributed by atoms with Crippen LogP contribution in [0.3, 0.4) is 0 Å². The number of nitrogens with one attached hydrogen (secondary N) is 1. The number of carbonyl (C=O) groups excluding carboxylic acids is 1. The van der Waals surface area contributed by atoms with Gasteiger partial charge in [-0.3, -0.25) is 4.79 Å². The van der Waals surface area contributed by atoms with Crippen molar-refractivity contribution in [2.24, 2.45) is 5.10 Å². The molecule has 31 heavy (non-hydrogen) atoms. The zero-order chi connectivity index (χ0) is 22.2. The predicted molar refractivity (Wildman–Crippen MR) is 114 cm³/mol. The average Bonchev–Trinajstić information content (AvgIpc) is 2.78. The van der Waals surface area contributed by atoms with Gasteiger partial charge in [0.25, 0.3) is 5.91 Å². The van der Waals surface area contributed by atoms with Crippen LogP contribution < -0.4 is 14.9 Å². The number of para-hydroxylation sites is 1. The average molecular weight is 420 g/mol. The van der Waals surface area contributed by atoms with Gasteiger partial charge < -0.3 is 19.7 Å². The van der Waals surface area contributed by atoms with Crippen LogP contribution in [0.5, 0.6) is 17.2 Å². The molecule has 0 aliphatic carbocycles. The lowest BCUT2D eigenvalue weighted by atomic mass is 10.1. The third-order valence-electron chi connectivity index (χ3n) is 4.28. The molecule has 3 aromatic carbocycles. The number of hydrogen-bond donors (Lipinski definition) is 3. The minimum atomic E-state index is -1.00. The summed E-state index contributed by atoms with van der Waals surface area (Å²) in [4.78, 5) is 23.1. The molecule has 0 bridgehead atoms. The van der Waals surface area contributed by atoms with E-state index in [1.807, 2.05) is 0 Å². The number of ether oxygens (including phenoxy) is 2. The normalized spacial score (nSPS) is 10.6. The Labute approximate surface area is 178 Å². The van der Waals surface area contributed by atoms with Crippen LogP contribution in [0.25, 0.3) is 0 Å². The maximum Gasteiger partial charge on any atom is 0.335 e. The van der Waals surface area contributed by atoms with Crippen molar-refractivity contribution in [2.75, 3.05) is 7.11 Å². The quantitative estimate of drug-likeness (QED) is 0.380. The Hall–Kier alpha value is -4.33. The number of carboxylic acids is 1. The van der Waals surface area contributed by atoms with Crippen LogP contribution in [0.1, 0.15) is 31.8 Å². The number of aromatic hydroxyl groups is 1. The van der Waals surface area contributed by atoms with Crippen LogP contribution in [0.15, 0.2) is 71.8 Å². The highest BCUT2D eigenvalue weighted by atomic mass is 16.5. The highest BCUT2D eigenvalue weighted by molar-refractivity contribution is 5.97. The first-order valence-corrected chi connectivity index (χ1v) is 9.22. The van der Waals surface area contributed by atoms with Crippen molar-refractivity contribution in [3.63, 3.8) is 0 Å². The fraction of sp³-hybridized carbons (Fsp3) is 0.0870. The van der Waals surface area contributed by atoms with Gasteiger partial charge in [-0.25, -0.2) is 10.2 Å². The molecule has 8 heteroatoms. The fourth-order valence-corrected chi connectivity index (χ4v) is 2.73. The van der Waals surface area contributed by atoms with Gasteiger partial charge in [0.2, 0.25) is 0 Å². The number of carboxylic acid groups (broad SMARTS) is 1. The second-order valence-corrected chi connectivity index (χ2v) is 6.42. The largest absolute Gasteiger partial charge is 0.507 e. The second-order valence-electron chi connectivity index (χ2n) is 6.42. The molecule has 0 aliphatic heterocycles. The van der Waals surface area contributed by atoms with Crippen molar-refractivity contribution in [1.29, 1.82) is 0 Å². The Balaban J connectivity index is 1.65. The van der Waals surface area contributed by atoms with Crippen LogP contribution in [0, 0.1) is 0 Å². The summed E-state index contributed by atoms with van der Waals surface area (Å²) in [5.74, 6) is -0.751. The number of hydrogen-bond acceptors (Lipinski definition) is 6. The van der Waals surface area contributed by atoms with E-state index in [4.69, 9.17) is 14.6 Å². The second kappa shape index (κ2) is 9.93. The first kappa shape index (κ1) is 21.4. The van der Waals surface area contributed by atoms with E-state index in [1.54, 1.807) is 48.5 Å². The summed E-state index contributed by atoms with van der Waals surface area (Å²) in [5, 5.41) is 22.7. The maximum atomic E-state index is 12.1. The summed E-state index contributed by atoms with van der Waals surface area (Å²) in [7, 11) is 1.49. The summed E-state index contributed by atoms with van der Waals surface area (Å²) in [6.45, 7) is 0.168. The van der Waals surface area contributed by atoms with E-state index < -0.39 is 11.9 Å². The zero-order valence-corrected chi connectivity index (χ0v) is 16.6. The first-order chi connectivity index (χ1) is 15.0. The van der Waals surface area contributed by atoms with Crippen molar-refractivity contribution in [1.82, 2.24) is 5.43 Å². The minimum Gasteiger partial charge on any atom is -0.507 e. The molecule has 0 radical (unpaired) electrons. The van der Waals surface area contributed by atoms with E-state index in [9.17, 15) is 14.7 Å².